The van der Waals surface area contributed by atoms with Crippen LogP contribution in [0.5, 0.6) is 5.75 Å². The van der Waals surface area contributed by atoms with E-state index in [0.29, 0.717) is 6.54 Å². The van der Waals surface area contributed by atoms with Crippen LogP contribution >= 0.6 is 0 Å². The Hall–Kier alpha value is -2.33. The predicted octanol–water partition coefficient (Wildman–Crippen LogP) is 4.37. The highest BCUT2D eigenvalue weighted by atomic mass is 16.5. The lowest BCUT2D eigenvalue weighted by molar-refractivity contribution is -0.127. The molecule has 0 unspecified atom stereocenters. The Balaban J connectivity index is 1.46. The maximum atomic E-state index is 12.4. The van der Waals surface area contributed by atoms with Gasteiger partial charge in [-0.1, -0.05) is 36.8 Å². The van der Waals surface area contributed by atoms with E-state index in [1.54, 1.807) is 6.92 Å². The number of carbonyl (C=O) groups excluding carboxylic acids is 1. The highest BCUT2D eigenvalue weighted by molar-refractivity contribution is 5.80. The fourth-order valence-electron chi connectivity index (χ4n) is 3.52. The predicted molar refractivity (Wildman–Crippen MR) is 113 cm³/mol. The molecule has 3 rings (SSSR count). The van der Waals surface area contributed by atoms with Crippen molar-refractivity contribution in [1.82, 2.24) is 10.2 Å². The van der Waals surface area contributed by atoms with Crippen molar-refractivity contribution >= 4 is 5.91 Å². The van der Waals surface area contributed by atoms with Gasteiger partial charge in [-0.3, -0.25) is 9.69 Å². The molecule has 0 radical (unpaired) electrons. The first-order valence-electron chi connectivity index (χ1n) is 10.3. The molecule has 0 aromatic heterocycles. The van der Waals surface area contributed by atoms with E-state index in [9.17, 15) is 4.79 Å². The zero-order chi connectivity index (χ0) is 19.9. The molecule has 1 amide bonds. The second-order valence-electron chi connectivity index (χ2n) is 7.88. The van der Waals surface area contributed by atoms with Crippen molar-refractivity contribution in [2.45, 2.75) is 59.2 Å². The molecule has 0 bridgehead atoms. The van der Waals surface area contributed by atoms with E-state index in [2.05, 4.69) is 41.4 Å². The smallest absolute Gasteiger partial charge is 0.261 e. The number of rotatable bonds is 7. The lowest BCUT2D eigenvalue weighted by Gasteiger charge is -2.26. The van der Waals surface area contributed by atoms with Gasteiger partial charge in [0.1, 0.15) is 5.75 Å². The van der Waals surface area contributed by atoms with Gasteiger partial charge in [0.2, 0.25) is 0 Å². The molecule has 1 fully saturated rings. The molecule has 0 saturated carbocycles. The van der Waals surface area contributed by atoms with Gasteiger partial charge in [-0.05, 0) is 81.1 Å². The summed E-state index contributed by atoms with van der Waals surface area (Å²) in [7, 11) is 0. The number of nitrogens with one attached hydrogen (secondary N) is 1. The van der Waals surface area contributed by atoms with E-state index < -0.39 is 6.10 Å². The molecule has 0 aliphatic carbocycles. The number of hydrogen-bond acceptors (Lipinski definition) is 3. The minimum absolute atomic E-state index is 0.101. The quantitative estimate of drug-likeness (QED) is 0.775. The van der Waals surface area contributed by atoms with Crippen LogP contribution in [0.1, 0.15) is 48.4 Å². The third kappa shape index (κ3) is 5.83. The van der Waals surface area contributed by atoms with Gasteiger partial charge >= 0.3 is 0 Å². The molecule has 150 valence electrons. The van der Waals surface area contributed by atoms with Gasteiger partial charge in [-0.2, -0.15) is 0 Å². The number of aryl methyl sites for hydroxylation is 2. The van der Waals surface area contributed by atoms with E-state index in [-0.39, 0.29) is 5.91 Å². The fraction of sp³-hybridized carbons (Fsp3) is 0.458. The molecule has 1 aliphatic rings. The number of ether oxygens (including phenoxy) is 1. The van der Waals surface area contributed by atoms with Crippen molar-refractivity contribution < 1.29 is 9.53 Å². The van der Waals surface area contributed by atoms with Crippen LogP contribution in [-0.2, 0) is 17.9 Å². The van der Waals surface area contributed by atoms with Gasteiger partial charge in [0.05, 0.1) is 0 Å². The van der Waals surface area contributed by atoms with Crippen LogP contribution in [0.4, 0.5) is 0 Å². The highest BCUT2D eigenvalue weighted by Crippen LogP contribution is 2.18. The van der Waals surface area contributed by atoms with Crippen molar-refractivity contribution in [1.29, 1.82) is 0 Å². The molecule has 1 aliphatic heterocycles. The lowest BCUT2D eigenvalue weighted by Crippen LogP contribution is -2.35. The summed E-state index contributed by atoms with van der Waals surface area (Å²) in [5, 5.41) is 2.97. The maximum Gasteiger partial charge on any atom is 0.261 e. The van der Waals surface area contributed by atoms with Crippen LogP contribution in [0, 0.1) is 13.8 Å². The minimum atomic E-state index is -0.527. The molecule has 4 heteroatoms. The Bertz CT molecular complexity index is 780. The summed E-state index contributed by atoms with van der Waals surface area (Å²) in [6.07, 6.45) is 3.46. The van der Waals surface area contributed by atoms with Crippen LogP contribution in [0.3, 0.4) is 0 Å². The van der Waals surface area contributed by atoms with Gasteiger partial charge in [0, 0.05) is 13.1 Å². The van der Waals surface area contributed by atoms with Crippen LogP contribution in [0.25, 0.3) is 0 Å². The molecule has 2 aromatic carbocycles. The second-order valence-corrected chi connectivity index (χ2v) is 7.88. The number of benzene rings is 2. The molecular weight excluding hydrogens is 348 g/mol. The standard InChI is InChI=1S/C24H32N2O2/c1-18-7-12-23(15-19(18)2)28-20(3)24(27)25-16-21-8-10-22(11-9-21)17-26-13-5-4-6-14-26/h7-12,15,20H,4-6,13-14,16-17H2,1-3H3,(H,25,27)/t20-/m0/s1. The number of carbonyl (C=O) groups is 1. The molecule has 1 saturated heterocycles. The summed E-state index contributed by atoms with van der Waals surface area (Å²) in [6.45, 7) is 9.84. The zero-order valence-corrected chi connectivity index (χ0v) is 17.3. The molecule has 4 nitrogen and oxygen atoms in total. The average Bonchev–Trinajstić information content (AvgIpc) is 2.71. The Morgan fingerprint density at radius 1 is 1.00 bits per heavy atom. The maximum absolute atomic E-state index is 12.4. The first-order chi connectivity index (χ1) is 13.5. The van der Waals surface area contributed by atoms with Crippen LogP contribution in [-0.4, -0.2) is 30.0 Å². The number of hydrogen-bond donors (Lipinski definition) is 1. The number of piperidine rings is 1. The van der Waals surface area contributed by atoms with Crippen LogP contribution < -0.4 is 10.1 Å². The Kier molecular flexibility index (Phi) is 7.10. The first kappa shape index (κ1) is 20.4. The van der Waals surface area contributed by atoms with Crippen molar-refractivity contribution in [3.8, 4) is 5.75 Å². The molecule has 2 aromatic rings. The second kappa shape index (κ2) is 9.74. The van der Waals surface area contributed by atoms with Crippen LogP contribution in [0.2, 0.25) is 0 Å². The third-order valence-corrected chi connectivity index (χ3v) is 5.51. The van der Waals surface area contributed by atoms with E-state index in [0.717, 1.165) is 23.4 Å². The normalized spacial score (nSPS) is 15.8. The molecule has 28 heavy (non-hydrogen) atoms. The minimum Gasteiger partial charge on any atom is -0.481 e. The van der Waals surface area contributed by atoms with Gasteiger partial charge in [0.15, 0.2) is 6.10 Å². The van der Waals surface area contributed by atoms with E-state index in [4.69, 9.17) is 4.74 Å². The number of likely N-dealkylation sites (tertiary alicyclic amines) is 1. The summed E-state index contributed by atoms with van der Waals surface area (Å²) in [4.78, 5) is 14.9. The van der Waals surface area contributed by atoms with Crippen molar-refractivity contribution in [3.05, 3.63) is 64.7 Å². The fourth-order valence-corrected chi connectivity index (χ4v) is 3.52. The Morgan fingerprint density at radius 3 is 2.36 bits per heavy atom. The molecule has 1 N–H and O–H groups in total. The summed E-state index contributed by atoms with van der Waals surface area (Å²) in [5.41, 5.74) is 4.82. The summed E-state index contributed by atoms with van der Waals surface area (Å²) >= 11 is 0. The van der Waals surface area contributed by atoms with Crippen molar-refractivity contribution in [3.63, 3.8) is 0 Å². The molecular formula is C24H32N2O2. The van der Waals surface area contributed by atoms with Crippen LogP contribution in [0.15, 0.2) is 42.5 Å². The van der Waals surface area contributed by atoms with Crippen molar-refractivity contribution in [2.75, 3.05) is 13.1 Å². The van der Waals surface area contributed by atoms with E-state index in [1.165, 1.54) is 43.5 Å². The number of nitrogens with zero attached hydrogens (tertiary/aromatic N) is 1. The van der Waals surface area contributed by atoms with Gasteiger partial charge in [-0.25, -0.2) is 0 Å². The molecule has 1 heterocycles. The summed E-state index contributed by atoms with van der Waals surface area (Å²) in [5.74, 6) is 0.628. The largest absolute Gasteiger partial charge is 0.481 e. The van der Waals surface area contributed by atoms with Gasteiger partial charge < -0.3 is 10.1 Å². The van der Waals surface area contributed by atoms with Crippen molar-refractivity contribution in [2.24, 2.45) is 0 Å². The SMILES string of the molecule is Cc1ccc(O[C@@H](C)C(=O)NCc2ccc(CN3CCCCC3)cc2)cc1C. The van der Waals surface area contributed by atoms with E-state index >= 15 is 0 Å². The Labute approximate surface area is 168 Å². The molecule has 1 atom stereocenters. The van der Waals surface area contributed by atoms with Gasteiger partial charge in [0.25, 0.3) is 5.91 Å². The Morgan fingerprint density at radius 2 is 1.68 bits per heavy atom. The summed E-state index contributed by atoms with van der Waals surface area (Å²) < 4.78 is 5.79. The molecule has 0 spiro atoms. The first-order valence-corrected chi connectivity index (χ1v) is 10.3. The third-order valence-electron chi connectivity index (χ3n) is 5.51. The summed E-state index contributed by atoms with van der Waals surface area (Å²) in [6, 6.07) is 14.5. The highest BCUT2D eigenvalue weighted by Gasteiger charge is 2.15. The number of amides is 1. The average molecular weight is 381 g/mol. The van der Waals surface area contributed by atoms with Gasteiger partial charge in [-0.15, -0.1) is 0 Å². The monoisotopic (exact) mass is 380 g/mol. The lowest BCUT2D eigenvalue weighted by atomic mass is 10.1. The zero-order valence-electron chi connectivity index (χ0n) is 17.3. The van der Waals surface area contributed by atoms with E-state index in [1.807, 2.05) is 25.1 Å². The topological polar surface area (TPSA) is 41.6 Å².